The fourth-order valence-corrected chi connectivity index (χ4v) is 0.890. The zero-order valence-corrected chi connectivity index (χ0v) is 5.09. The Balaban J connectivity index is 2.88. The number of aromatic amines is 1. The average molecular weight is 135 g/mol. The Labute approximate surface area is 56.3 Å². The maximum atomic E-state index is 6.97. The summed E-state index contributed by atoms with van der Waals surface area (Å²) >= 11 is 0. The van der Waals surface area contributed by atoms with Crippen LogP contribution in [0.1, 0.15) is 5.56 Å². The molecule has 0 aliphatic heterocycles. The second-order valence-electron chi connectivity index (χ2n) is 1.96. The molecule has 0 aromatic carbocycles. The molecule has 2 heterocycles. The highest BCUT2D eigenvalue weighted by Crippen LogP contribution is 2.14. The summed E-state index contributed by atoms with van der Waals surface area (Å²) in [5, 5.41) is 11.4. The molecular formula is C6H5N3O. The van der Waals surface area contributed by atoms with Crippen LogP contribution in [0, 0.1) is 5.41 Å². The molecule has 2 rings (SSSR count). The fraction of sp³-hybridized carbons (Fsp3) is 0. The van der Waals surface area contributed by atoms with Gasteiger partial charge in [-0.25, -0.2) is 0 Å². The van der Waals surface area contributed by atoms with Crippen LogP contribution in [0.25, 0.3) is 11.1 Å². The molecule has 0 unspecified atom stereocenters. The molecule has 2 aromatic rings. The van der Waals surface area contributed by atoms with E-state index in [1.54, 1.807) is 12.4 Å². The highest BCUT2D eigenvalue weighted by molar-refractivity contribution is 5.95. The van der Waals surface area contributed by atoms with Crippen LogP contribution in [0.15, 0.2) is 16.9 Å². The maximum Gasteiger partial charge on any atom is 0.236 e. The highest BCUT2D eigenvalue weighted by Gasteiger charge is 2.02. The number of hydrogen-bond donors (Lipinski definition) is 2. The Kier molecular flexibility index (Phi) is 0.887. The van der Waals surface area contributed by atoms with Gasteiger partial charge in [-0.1, -0.05) is 5.16 Å². The second-order valence-corrected chi connectivity index (χ2v) is 1.96. The van der Waals surface area contributed by atoms with E-state index in [1.165, 1.54) is 6.21 Å². The Bertz CT molecular complexity index is 360. The third kappa shape index (κ3) is 0.500. The van der Waals surface area contributed by atoms with E-state index in [2.05, 4.69) is 10.1 Å². The summed E-state index contributed by atoms with van der Waals surface area (Å²) in [4.78, 5) is 2.84. The Hall–Kier alpha value is -1.58. The van der Waals surface area contributed by atoms with Crippen molar-refractivity contribution in [1.29, 1.82) is 5.41 Å². The van der Waals surface area contributed by atoms with Crippen LogP contribution < -0.4 is 0 Å². The van der Waals surface area contributed by atoms with Gasteiger partial charge in [0.25, 0.3) is 0 Å². The number of rotatable bonds is 1. The number of hydrogen-bond acceptors (Lipinski definition) is 3. The van der Waals surface area contributed by atoms with Crippen molar-refractivity contribution >= 4 is 17.3 Å². The topological polar surface area (TPSA) is 65.7 Å². The monoisotopic (exact) mass is 135 g/mol. The summed E-state index contributed by atoms with van der Waals surface area (Å²) < 4.78 is 4.79. The quantitative estimate of drug-likeness (QED) is 0.576. The van der Waals surface area contributed by atoms with Crippen LogP contribution in [0.2, 0.25) is 0 Å². The van der Waals surface area contributed by atoms with E-state index >= 15 is 0 Å². The van der Waals surface area contributed by atoms with Gasteiger partial charge in [-0.05, 0) is 0 Å². The van der Waals surface area contributed by atoms with Crippen molar-refractivity contribution < 1.29 is 4.52 Å². The molecule has 2 aromatic heterocycles. The first-order chi connectivity index (χ1) is 4.92. The maximum absolute atomic E-state index is 6.97. The lowest BCUT2D eigenvalue weighted by Gasteiger charge is -1.74. The lowest BCUT2D eigenvalue weighted by molar-refractivity contribution is 0.449. The minimum absolute atomic E-state index is 0.624. The predicted octanol–water partition coefficient (Wildman–Crippen LogP) is 1.15. The van der Waals surface area contributed by atoms with Gasteiger partial charge in [-0.3, -0.25) is 0 Å². The fourth-order valence-electron chi connectivity index (χ4n) is 0.890. The molecule has 2 N–H and O–H groups in total. The first-order valence-electron chi connectivity index (χ1n) is 2.84. The summed E-state index contributed by atoms with van der Waals surface area (Å²) in [5.74, 6) is 0. The lowest BCUT2D eigenvalue weighted by atomic mass is 10.3. The molecule has 10 heavy (non-hydrogen) atoms. The largest absolute Gasteiger partial charge is 0.338 e. The summed E-state index contributed by atoms with van der Waals surface area (Å²) in [5.41, 5.74) is 1.43. The summed E-state index contributed by atoms with van der Waals surface area (Å²) in [6.07, 6.45) is 4.56. The van der Waals surface area contributed by atoms with Crippen molar-refractivity contribution in [1.82, 2.24) is 10.1 Å². The van der Waals surface area contributed by atoms with Gasteiger partial charge in [0.1, 0.15) is 0 Å². The number of aromatic nitrogens is 2. The number of nitrogens with zero attached hydrogens (tertiary/aromatic N) is 1. The molecule has 0 radical (unpaired) electrons. The van der Waals surface area contributed by atoms with E-state index in [4.69, 9.17) is 9.93 Å². The molecule has 0 spiro atoms. The van der Waals surface area contributed by atoms with Crippen molar-refractivity contribution in [2.75, 3.05) is 0 Å². The molecule has 50 valence electrons. The third-order valence-electron chi connectivity index (χ3n) is 1.40. The van der Waals surface area contributed by atoms with Gasteiger partial charge in [0.15, 0.2) is 0 Å². The van der Waals surface area contributed by atoms with Crippen molar-refractivity contribution in [2.45, 2.75) is 0 Å². The minimum Gasteiger partial charge on any atom is -0.338 e. The van der Waals surface area contributed by atoms with Crippen LogP contribution in [0.3, 0.4) is 0 Å². The van der Waals surface area contributed by atoms with Crippen molar-refractivity contribution in [3.63, 3.8) is 0 Å². The number of fused-ring (bicyclic) bond motifs is 1. The molecule has 4 heteroatoms. The van der Waals surface area contributed by atoms with Crippen LogP contribution in [-0.4, -0.2) is 16.4 Å². The zero-order valence-electron chi connectivity index (χ0n) is 5.09. The molecule has 0 aliphatic rings. The van der Waals surface area contributed by atoms with Gasteiger partial charge >= 0.3 is 0 Å². The SMILES string of the molecule is N=Cc1c[nH]c2oncc12. The normalized spacial score (nSPS) is 10.4. The lowest BCUT2D eigenvalue weighted by Crippen LogP contribution is -1.70. The molecule has 0 bridgehead atoms. The second kappa shape index (κ2) is 1.70. The Morgan fingerprint density at radius 2 is 2.60 bits per heavy atom. The van der Waals surface area contributed by atoms with Gasteiger partial charge < -0.3 is 14.9 Å². The molecular weight excluding hydrogens is 130 g/mol. The number of H-pyrrole nitrogens is 1. The summed E-state index contributed by atoms with van der Waals surface area (Å²) in [6, 6.07) is 0. The van der Waals surface area contributed by atoms with Crippen LogP contribution >= 0.6 is 0 Å². The van der Waals surface area contributed by atoms with Gasteiger partial charge in [-0.2, -0.15) is 0 Å². The molecule has 0 amide bonds. The smallest absolute Gasteiger partial charge is 0.236 e. The first-order valence-corrected chi connectivity index (χ1v) is 2.84. The molecule has 0 atom stereocenters. The van der Waals surface area contributed by atoms with Gasteiger partial charge in [0.2, 0.25) is 5.71 Å². The minimum atomic E-state index is 0.624. The van der Waals surface area contributed by atoms with E-state index in [1.807, 2.05) is 0 Å². The van der Waals surface area contributed by atoms with Gasteiger partial charge in [0, 0.05) is 18.0 Å². The first kappa shape index (κ1) is 5.22. The molecule has 0 saturated heterocycles. The van der Waals surface area contributed by atoms with E-state index in [-0.39, 0.29) is 0 Å². The van der Waals surface area contributed by atoms with Crippen LogP contribution in [0.4, 0.5) is 0 Å². The molecule has 0 aliphatic carbocycles. The van der Waals surface area contributed by atoms with Gasteiger partial charge in [0.05, 0.1) is 11.6 Å². The Morgan fingerprint density at radius 3 is 3.40 bits per heavy atom. The molecule has 0 fully saturated rings. The van der Waals surface area contributed by atoms with E-state index < -0.39 is 0 Å². The predicted molar refractivity (Wildman–Crippen MR) is 36.2 cm³/mol. The standard InChI is InChI=1S/C6H5N3O/c7-1-4-2-8-6-5(4)3-9-10-6/h1-3,7-8H. The van der Waals surface area contributed by atoms with Crippen molar-refractivity contribution in [3.05, 3.63) is 18.0 Å². The van der Waals surface area contributed by atoms with Crippen molar-refractivity contribution in [2.24, 2.45) is 0 Å². The summed E-state index contributed by atoms with van der Waals surface area (Å²) in [6.45, 7) is 0. The molecule has 0 saturated carbocycles. The van der Waals surface area contributed by atoms with E-state index in [9.17, 15) is 0 Å². The third-order valence-corrected chi connectivity index (χ3v) is 1.40. The van der Waals surface area contributed by atoms with Crippen LogP contribution in [-0.2, 0) is 0 Å². The zero-order chi connectivity index (χ0) is 6.97. The van der Waals surface area contributed by atoms with Gasteiger partial charge in [-0.15, -0.1) is 0 Å². The number of nitrogens with one attached hydrogen (secondary N) is 2. The van der Waals surface area contributed by atoms with E-state index in [0.717, 1.165) is 10.9 Å². The Morgan fingerprint density at radius 1 is 1.70 bits per heavy atom. The molecule has 4 nitrogen and oxygen atoms in total. The summed E-state index contributed by atoms with van der Waals surface area (Å²) in [7, 11) is 0. The average Bonchev–Trinajstić information content (AvgIpc) is 2.44. The van der Waals surface area contributed by atoms with Crippen LogP contribution in [0.5, 0.6) is 0 Å². The van der Waals surface area contributed by atoms with E-state index in [0.29, 0.717) is 5.71 Å². The highest BCUT2D eigenvalue weighted by atomic mass is 16.5. The van der Waals surface area contributed by atoms with Crippen molar-refractivity contribution in [3.8, 4) is 0 Å².